The van der Waals surface area contributed by atoms with Crippen LogP contribution in [-0.2, 0) is 5.41 Å². The maximum absolute atomic E-state index is 12.3. The molecule has 0 bridgehead atoms. The molecule has 0 aliphatic rings. The van der Waals surface area contributed by atoms with Crippen LogP contribution in [0.25, 0.3) is 16.8 Å². The normalized spacial score (nSPS) is 12.0. The maximum Gasteiger partial charge on any atom is 0.274 e. The van der Waals surface area contributed by atoms with Gasteiger partial charge in [-0.1, -0.05) is 51.1 Å². The number of benzene rings is 1. The van der Waals surface area contributed by atoms with E-state index in [1.165, 1.54) is 4.52 Å². The molecule has 108 valence electrons. The minimum atomic E-state index is -0.118. The molecule has 0 saturated carbocycles. The van der Waals surface area contributed by atoms with Gasteiger partial charge in [0.15, 0.2) is 0 Å². The van der Waals surface area contributed by atoms with E-state index in [9.17, 15) is 4.79 Å². The van der Waals surface area contributed by atoms with Gasteiger partial charge in [-0.25, -0.2) is 0 Å². The molecule has 1 N–H and O–H groups in total. The Labute approximate surface area is 123 Å². The monoisotopic (exact) mass is 281 g/mol. The minimum absolute atomic E-state index is 0.0982. The van der Waals surface area contributed by atoms with E-state index in [1.54, 1.807) is 6.07 Å². The summed E-state index contributed by atoms with van der Waals surface area (Å²) in [5.41, 5.74) is 4.35. The highest BCUT2D eigenvalue weighted by Gasteiger charge is 2.19. The van der Waals surface area contributed by atoms with E-state index in [4.69, 9.17) is 0 Å². The van der Waals surface area contributed by atoms with Crippen molar-refractivity contribution in [1.29, 1.82) is 0 Å². The van der Waals surface area contributed by atoms with Crippen LogP contribution in [0.3, 0.4) is 0 Å². The Hall–Kier alpha value is -2.36. The third-order valence-corrected chi connectivity index (χ3v) is 3.66. The van der Waals surface area contributed by atoms with E-state index in [0.717, 1.165) is 28.2 Å². The number of aromatic nitrogens is 3. The fourth-order valence-electron chi connectivity index (χ4n) is 2.50. The molecule has 0 atom stereocenters. The molecule has 2 aromatic heterocycles. The highest BCUT2D eigenvalue weighted by molar-refractivity contribution is 5.79. The highest BCUT2D eigenvalue weighted by Crippen LogP contribution is 2.27. The molecule has 0 unspecified atom stereocenters. The fraction of sp³-hybridized carbons (Fsp3) is 0.294. The van der Waals surface area contributed by atoms with Gasteiger partial charge in [0, 0.05) is 22.7 Å². The van der Waals surface area contributed by atoms with Gasteiger partial charge in [0.1, 0.15) is 5.65 Å². The summed E-state index contributed by atoms with van der Waals surface area (Å²) in [6, 6.07) is 11.7. The number of aromatic amines is 1. The SMILES string of the molecule is Cc1nn2c(=O)cc(C(C)(C)C)[nH]c2c1-c1ccccc1. The lowest BCUT2D eigenvalue weighted by Gasteiger charge is -2.18. The molecular weight excluding hydrogens is 262 g/mol. The number of nitrogens with zero attached hydrogens (tertiary/aromatic N) is 2. The first-order chi connectivity index (χ1) is 9.88. The largest absolute Gasteiger partial charge is 0.342 e. The van der Waals surface area contributed by atoms with Gasteiger partial charge in [0.25, 0.3) is 5.56 Å². The van der Waals surface area contributed by atoms with Gasteiger partial charge in [-0.05, 0) is 12.5 Å². The number of hydrogen-bond acceptors (Lipinski definition) is 2. The molecule has 2 heterocycles. The van der Waals surface area contributed by atoms with Crippen molar-refractivity contribution in [1.82, 2.24) is 14.6 Å². The second-order valence-electron chi connectivity index (χ2n) is 6.36. The van der Waals surface area contributed by atoms with Gasteiger partial charge in [-0.2, -0.15) is 9.61 Å². The smallest absolute Gasteiger partial charge is 0.274 e. The van der Waals surface area contributed by atoms with E-state index in [-0.39, 0.29) is 11.0 Å². The number of aryl methyl sites for hydroxylation is 1. The second-order valence-corrected chi connectivity index (χ2v) is 6.36. The third-order valence-electron chi connectivity index (χ3n) is 3.66. The van der Waals surface area contributed by atoms with Crippen LogP contribution in [0.1, 0.15) is 32.2 Å². The number of fused-ring (bicyclic) bond motifs is 1. The fourth-order valence-corrected chi connectivity index (χ4v) is 2.50. The molecule has 0 spiro atoms. The Morgan fingerprint density at radius 1 is 1.14 bits per heavy atom. The molecule has 3 rings (SSSR count). The minimum Gasteiger partial charge on any atom is -0.342 e. The van der Waals surface area contributed by atoms with Gasteiger partial charge < -0.3 is 4.98 Å². The molecule has 0 saturated heterocycles. The van der Waals surface area contributed by atoms with E-state index in [2.05, 4.69) is 30.9 Å². The summed E-state index contributed by atoms with van der Waals surface area (Å²) in [7, 11) is 0. The Morgan fingerprint density at radius 3 is 2.43 bits per heavy atom. The summed E-state index contributed by atoms with van der Waals surface area (Å²) >= 11 is 0. The first-order valence-electron chi connectivity index (χ1n) is 7.06. The Kier molecular flexibility index (Phi) is 2.97. The first kappa shape index (κ1) is 13.6. The van der Waals surface area contributed by atoms with Crippen LogP contribution < -0.4 is 5.56 Å². The molecule has 1 aromatic carbocycles. The van der Waals surface area contributed by atoms with Crippen LogP contribution in [0.15, 0.2) is 41.2 Å². The molecule has 3 aromatic rings. The molecule has 0 fully saturated rings. The number of H-pyrrole nitrogens is 1. The summed E-state index contributed by atoms with van der Waals surface area (Å²) in [5, 5.41) is 4.39. The van der Waals surface area contributed by atoms with E-state index < -0.39 is 0 Å². The molecule has 0 radical (unpaired) electrons. The maximum atomic E-state index is 12.3. The van der Waals surface area contributed by atoms with Crippen LogP contribution in [0, 0.1) is 6.92 Å². The summed E-state index contributed by atoms with van der Waals surface area (Å²) in [4.78, 5) is 15.7. The van der Waals surface area contributed by atoms with Crippen LogP contribution in [0.2, 0.25) is 0 Å². The average Bonchev–Trinajstić information content (AvgIpc) is 2.75. The molecule has 0 aliphatic heterocycles. The Morgan fingerprint density at radius 2 is 1.81 bits per heavy atom. The van der Waals surface area contributed by atoms with Gasteiger partial charge >= 0.3 is 0 Å². The number of rotatable bonds is 1. The zero-order valence-corrected chi connectivity index (χ0v) is 12.8. The van der Waals surface area contributed by atoms with Gasteiger partial charge in [0.05, 0.1) is 5.69 Å². The predicted molar refractivity (Wildman–Crippen MR) is 84.7 cm³/mol. The van der Waals surface area contributed by atoms with Gasteiger partial charge in [0.2, 0.25) is 0 Å². The van der Waals surface area contributed by atoms with Crippen LogP contribution in [0.5, 0.6) is 0 Å². The van der Waals surface area contributed by atoms with E-state index >= 15 is 0 Å². The van der Waals surface area contributed by atoms with Crippen molar-refractivity contribution >= 4 is 5.65 Å². The summed E-state index contributed by atoms with van der Waals surface area (Å²) < 4.78 is 1.45. The predicted octanol–water partition coefficient (Wildman–Crippen LogP) is 3.30. The topological polar surface area (TPSA) is 50.2 Å². The van der Waals surface area contributed by atoms with Crippen molar-refractivity contribution in [3.05, 3.63) is 58.1 Å². The van der Waals surface area contributed by atoms with Crippen LogP contribution >= 0.6 is 0 Å². The zero-order valence-electron chi connectivity index (χ0n) is 12.8. The average molecular weight is 281 g/mol. The van der Waals surface area contributed by atoms with Gasteiger partial charge in [-0.15, -0.1) is 0 Å². The zero-order chi connectivity index (χ0) is 15.2. The summed E-state index contributed by atoms with van der Waals surface area (Å²) in [6.07, 6.45) is 0. The number of nitrogens with one attached hydrogen (secondary N) is 1. The quantitative estimate of drug-likeness (QED) is 0.744. The molecule has 21 heavy (non-hydrogen) atoms. The molecule has 4 nitrogen and oxygen atoms in total. The molecule has 0 aliphatic carbocycles. The van der Waals surface area contributed by atoms with E-state index in [0.29, 0.717) is 0 Å². The molecule has 0 amide bonds. The van der Waals surface area contributed by atoms with Crippen molar-refractivity contribution in [2.45, 2.75) is 33.1 Å². The van der Waals surface area contributed by atoms with Gasteiger partial charge in [-0.3, -0.25) is 4.79 Å². The summed E-state index contributed by atoms with van der Waals surface area (Å²) in [6.45, 7) is 8.18. The highest BCUT2D eigenvalue weighted by atomic mass is 16.1. The third kappa shape index (κ3) is 2.27. The van der Waals surface area contributed by atoms with Crippen molar-refractivity contribution in [2.75, 3.05) is 0 Å². The molecule has 4 heteroatoms. The Bertz CT molecular complexity index is 851. The van der Waals surface area contributed by atoms with Crippen LogP contribution in [0.4, 0.5) is 0 Å². The van der Waals surface area contributed by atoms with Crippen molar-refractivity contribution in [2.24, 2.45) is 0 Å². The molecular formula is C17H19N3O. The standard InChI is InChI=1S/C17H19N3O/c1-11-15(12-8-6-5-7-9-12)16-18-13(17(2,3)4)10-14(21)20(16)19-11/h5-10,18H,1-4H3. The van der Waals surface area contributed by atoms with Crippen LogP contribution in [-0.4, -0.2) is 14.6 Å². The van der Waals surface area contributed by atoms with Crippen molar-refractivity contribution in [3.63, 3.8) is 0 Å². The Balaban J connectivity index is 2.38. The van der Waals surface area contributed by atoms with Crippen molar-refractivity contribution in [3.8, 4) is 11.1 Å². The lowest BCUT2D eigenvalue weighted by atomic mass is 9.92. The second kappa shape index (κ2) is 4.58. The number of hydrogen-bond donors (Lipinski definition) is 1. The van der Waals surface area contributed by atoms with Crippen molar-refractivity contribution < 1.29 is 0 Å². The first-order valence-corrected chi connectivity index (χ1v) is 7.06. The van der Waals surface area contributed by atoms with E-state index in [1.807, 2.05) is 37.3 Å². The lowest BCUT2D eigenvalue weighted by molar-refractivity contribution is 0.566. The lowest BCUT2D eigenvalue weighted by Crippen LogP contribution is -2.22. The summed E-state index contributed by atoms with van der Waals surface area (Å²) in [5.74, 6) is 0.